The third kappa shape index (κ3) is 2.25. The molecule has 88 valence electrons. The summed E-state index contributed by atoms with van der Waals surface area (Å²) in [6.45, 7) is -0.167. The number of hydrogen-bond acceptors (Lipinski definition) is 5. The number of nitrogens with two attached hydrogens (primary N) is 2. The summed E-state index contributed by atoms with van der Waals surface area (Å²) in [7, 11) is 1.12. The minimum absolute atomic E-state index is 0.0441. The number of anilines is 1. The van der Waals surface area contributed by atoms with E-state index in [0.717, 1.165) is 13.2 Å². The molecule has 0 unspecified atom stereocenters. The lowest BCUT2D eigenvalue weighted by molar-refractivity contribution is 0.0593. The van der Waals surface area contributed by atoms with E-state index < -0.39 is 18.0 Å². The number of hydrogen-bond donors (Lipinski definition) is 2. The fourth-order valence-electron chi connectivity index (χ4n) is 1.24. The minimum atomic E-state index is -2.77. The van der Waals surface area contributed by atoms with E-state index in [1.165, 1.54) is 0 Å². The van der Waals surface area contributed by atoms with Crippen molar-refractivity contribution in [3.63, 3.8) is 0 Å². The van der Waals surface area contributed by atoms with Crippen LogP contribution >= 0.6 is 0 Å². The normalized spacial score (nSPS) is 10.6. The van der Waals surface area contributed by atoms with E-state index >= 15 is 0 Å². The Kier molecular flexibility index (Phi) is 3.73. The molecule has 0 aliphatic rings. The van der Waals surface area contributed by atoms with Crippen molar-refractivity contribution in [2.45, 2.75) is 13.0 Å². The van der Waals surface area contributed by atoms with Crippen molar-refractivity contribution in [3.05, 3.63) is 22.9 Å². The average Bonchev–Trinajstić information content (AvgIpc) is 2.26. The maximum absolute atomic E-state index is 12.7. The van der Waals surface area contributed by atoms with Gasteiger partial charge in [-0.1, -0.05) is 0 Å². The largest absolute Gasteiger partial charge is 0.464 e. The van der Waals surface area contributed by atoms with Crippen molar-refractivity contribution in [2.75, 3.05) is 12.8 Å². The second-order valence-electron chi connectivity index (χ2n) is 2.96. The molecule has 16 heavy (non-hydrogen) atoms. The summed E-state index contributed by atoms with van der Waals surface area (Å²) in [6, 6.07) is 0.940. The molecule has 1 heterocycles. The van der Waals surface area contributed by atoms with Gasteiger partial charge in [-0.2, -0.15) is 0 Å². The highest BCUT2D eigenvalue weighted by atomic mass is 19.3. The van der Waals surface area contributed by atoms with Crippen molar-refractivity contribution in [1.29, 1.82) is 0 Å². The number of ether oxygens (including phenoxy) is 1. The molecule has 0 radical (unpaired) electrons. The maximum Gasteiger partial charge on any atom is 0.356 e. The summed E-state index contributed by atoms with van der Waals surface area (Å²) in [6.07, 6.45) is -2.77. The molecule has 0 atom stereocenters. The Bertz CT molecular complexity index is 410. The van der Waals surface area contributed by atoms with Crippen LogP contribution in [0.4, 0.5) is 14.6 Å². The predicted octanol–water partition coefficient (Wildman–Crippen LogP) is 0.847. The molecule has 7 heteroatoms. The van der Waals surface area contributed by atoms with Gasteiger partial charge in [0.25, 0.3) is 6.43 Å². The van der Waals surface area contributed by atoms with Gasteiger partial charge in [0.15, 0.2) is 5.69 Å². The van der Waals surface area contributed by atoms with E-state index in [9.17, 15) is 13.6 Å². The summed E-state index contributed by atoms with van der Waals surface area (Å²) in [5.74, 6) is -1.00. The zero-order chi connectivity index (χ0) is 12.3. The number of pyridine rings is 1. The van der Waals surface area contributed by atoms with Gasteiger partial charge in [0, 0.05) is 17.7 Å². The zero-order valence-corrected chi connectivity index (χ0v) is 8.54. The Hall–Kier alpha value is -1.76. The van der Waals surface area contributed by atoms with Crippen LogP contribution in [0, 0.1) is 0 Å². The molecular weight excluding hydrogens is 220 g/mol. The topological polar surface area (TPSA) is 91.2 Å². The molecular formula is C9H11F2N3O2. The molecule has 0 fully saturated rings. The Morgan fingerprint density at radius 3 is 2.69 bits per heavy atom. The molecule has 0 saturated carbocycles. The highest BCUT2D eigenvalue weighted by Gasteiger charge is 2.20. The molecule has 5 nitrogen and oxygen atoms in total. The highest BCUT2D eigenvalue weighted by Crippen LogP contribution is 2.26. The van der Waals surface area contributed by atoms with Crippen LogP contribution in [0.25, 0.3) is 0 Å². The molecule has 1 rings (SSSR count). The quantitative estimate of drug-likeness (QED) is 0.752. The molecule has 0 bridgehead atoms. The Morgan fingerprint density at radius 2 is 2.25 bits per heavy atom. The first-order chi connectivity index (χ1) is 7.51. The minimum Gasteiger partial charge on any atom is -0.464 e. The SMILES string of the molecule is COC(=O)c1cc(C(F)F)c(CN)c(N)n1. The number of methoxy groups -OCH3 is 1. The number of alkyl halides is 2. The molecule has 1 aromatic heterocycles. The van der Waals surface area contributed by atoms with Gasteiger partial charge >= 0.3 is 5.97 Å². The van der Waals surface area contributed by atoms with Gasteiger partial charge in [-0.15, -0.1) is 0 Å². The van der Waals surface area contributed by atoms with Gasteiger partial charge < -0.3 is 16.2 Å². The molecule has 1 aromatic rings. The third-order valence-electron chi connectivity index (χ3n) is 2.02. The Balaban J connectivity index is 3.33. The number of esters is 1. The van der Waals surface area contributed by atoms with Crippen LogP contribution in [-0.2, 0) is 11.3 Å². The fraction of sp³-hybridized carbons (Fsp3) is 0.333. The van der Waals surface area contributed by atoms with Crippen LogP contribution in [0.2, 0.25) is 0 Å². The lowest BCUT2D eigenvalue weighted by Gasteiger charge is -2.10. The van der Waals surface area contributed by atoms with E-state index in [4.69, 9.17) is 11.5 Å². The summed E-state index contributed by atoms with van der Waals surface area (Å²) < 4.78 is 29.7. The number of nitrogen functional groups attached to an aromatic ring is 1. The van der Waals surface area contributed by atoms with Crippen LogP contribution in [0.3, 0.4) is 0 Å². The smallest absolute Gasteiger partial charge is 0.356 e. The van der Waals surface area contributed by atoms with E-state index in [1.54, 1.807) is 0 Å². The van der Waals surface area contributed by atoms with Crippen molar-refractivity contribution in [1.82, 2.24) is 4.98 Å². The van der Waals surface area contributed by atoms with Crippen molar-refractivity contribution in [2.24, 2.45) is 5.73 Å². The van der Waals surface area contributed by atoms with Crippen LogP contribution in [0.15, 0.2) is 6.07 Å². The highest BCUT2D eigenvalue weighted by molar-refractivity contribution is 5.88. The second-order valence-corrected chi connectivity index (χ2v) is 2.96. The van der Waals surface area contributed by atoms with E-state index in [-0.39, 0.29) is 23.6 Å². The summed E-state index contributed by atoms with van der Waals surface area (Å²) >= 11 is 0. The van der Waals surface area contributed by atoms with Crippen LogP contribution in [0.1, 0.15) is 28.0 Å². The van der Waals surface area contributed by atoms with E-state index in [1.807, 2.05) is 0 Å². The van der Waals surface area contributed by atoms with Crippen molar-refractivity contribution < 1.29 is 18.3 Å². The van der Waals surface area contributed by atoms with Crippen molar-refractivity contribution >= 4 is 11.8 Å². The van der Waals surface area contributed by atoms with E-state index in [0.29, 0.717) is 0 Å². The summed E-state index contributed by atoms with van der Waals surface area (Å²) in [5.41, 5.74) is 10.1. The number of halogens is 2. The first-order valence-corrected chi connectivity index (χ1v) is 4.37. The first-order valence-electron chi connectivity index (χ1n) is 4.37. The monoisotopic (exact) mass is 231 g/mol. The number of nitrogens with zero attached hydrogens (tertiary/aromatic N) is 1. The van der Waals surface area contributed by atoms with Gasteiger partial charge in [0.2, 0.25) is 0 Å². The standard InChI is InChI=1S/C9H11F2N3O2/c1-16-9(15)6-2-4(7(10)11)5(3-12)8(13)14-6/h2,7H,3,12H2,1H3,(H2,13,14). The number of aromatic nitrogens is 1. The molecule has 4 N–H and O–H groups in total. The predicted molar refractivity (Wildman–Crippen MR) is 52.8 cm³/mol. The zero-order valence-electron chi connectivity index (χ0n) is 8.54. The molecule has 0 amide bonds. The maximum atomic E-state index is 12.7. The molecule has 0 saturated heterocycles. The number of carbonyl (C=O) groups is 1. The summed E-state index contributed by atoms with van der Waals surface area (Å²) in [5, 5.41) is 0. The molecule has 0 aliphatic heterocycles. The van der Waals surface area contributed by atoms with Crippen LogP contribution in [0.5, 0.6) is 0 Å². The lowest BCUT2D eigenvalue weighted by atomic mass is 10.1. The van der Waals surface area contributed by atoms with E-state index in [2.05, 4.69) is 9.72 Å². The van der Waals surface area contributed by atoms with Gasteiger partial charge in [0.05, 0.1) is 7.11 Å². The third-order valence-corrected chi connectivity index (χ3v) is 2.02. The number of carbonyl (C=O) groups excluding carboxylic acids is 1. The molecule has 0 aliphatic carbocycles. The van der Waals surface area contributed by atoms with Gasteiger partial charge in [-0.3, -0.25) is 0 Å². The van der Waals surface area contributed by atoms with Gasteiger partial charge in [-0.05, 0) is 6.07 Å². The second kappa shape index (κ2) is 4.84. The van der Waals surface area contributed by atoms with Crippen LogP contribution < -0.4 is 11.5 Å². The Morgan fingerprint density at radius 1 is 1.62 bits per heavy atom. The molecule has 0 aromatic carbocycles. The number of rotatable bonds is 3. The summed E-state index contributed by atoms with van der Waals surface area (Å²) in [4.78, 5) is 14.8. The Labute approximate surface area is 90.4 Å². The fourth-order valence-corrected chi connectivity index (χ4v) is 1.24. The average molecular weight is 231 g/mol. The van der Waals surface area contributed by atoms with Crippen LogP contribution in [-0.4, -0.2) is 18.1 Å². The van der Waals surface area contributed by atoms with Gasteiger partial charge in [-0.25, -0.2) is 18.6 Å². The van der Waals surface area contributed by atoms with Gasteiger partial charge in [0.1, 0.15) is 5.82 Å². The van der Waals surface area contributed by atoms with Crippen molar-refractivity contribution in [3.8, 4) is 0 Å². The lowest BCUT2D eigenvalue weighted by Crippen LogP contribution is -2.13. The first kappa shape index (κ1) is 12.3. The molecule has 0 spiro atoms.